The third kappa shape index (κ3) is 3.25. The maximum atomic E-state index is 13.4. The fourth-order valence-electron chi connectivity index (χ4n) is 1.51. The van der Waals surface area contributed by atoms with E-state index < -0.39 is 17.5 Å². The molecule has 104 valence electrons. The van der Waals surface area contributed by atoms with E-state index in [0.717, 1.165) is 12.1 Å². The van der Waals surface area contributed by atoms with Gasteiger partial charge in [0.15, 0.2) is 0 Å². The van der Waals surface area contributed by atoms with E-state index in [1.54, 1.807) is 7.05 Å². The zero-order chi connectivity index (χ0) is 14.5. The van der Waals surface area contributed by atoms with E-state index in [1.165, 1.54) is 18.5 Å². The molecule has 0 radical (unpaired) electrons. The Morgan fingerprint density at radius 3 is 2.65 bits per heavy atom. The van der Waals surface area contributed by atoms with Crippen molar-refractivity contribution >= 4 is 11.7 Å². The van der Waals surface area contributed by atoms with Gasteiger partial charge < -0.3 is 10.6 Å². The van der Waals surface area contributed by atoms with Crippen molar-refractivity contribution in [3.8, 4) is 0 Å². The number of hydrogen-bond donors (Lipinski definition) is 2. The Labute approximate surface area is 114 Å². The first-order valence-electron chi connectivity index (χ1n) is 5.82. The van der Waals surface area contributed by atoms with Crippen LogP contribution in [0.4, 0.5) is 14.6 Å². The summed E-state index contributed by atoms with van der Waals surface area (Å²) in [7, 11) is 1.68. The number of anilines is 1. The molecular formula is C13H12F2N4O. The van der Waals surface area contributed by atoms with E-state index in [4.69, 9.17) is 0 Å². The van der Waals surface area contributed by atoms with Gasteiger partial charge in [0, 0.05) is 25.2 Å². The molecular weight excluding hydrogens is 266 g/mol. The number of hydrogen-bond acceptors (Lipinski definition) is 4. The average molecular weight is 278 g/mol. The first-order chi connectivity index (χ1) is 9.60. The summed E-state index contributed by atoms with van der Waals surface area (Å²) in [6, 6.07) is 3.18. The third-order valence-electron chi connectivity index (χ3n) is 2.60. The Kier molecular flexibility index (Phi) is 4.19. The number of nitrogens with zero attached hydrogens (tertiary/aromatic N) is 2. The van der Waals surface area contributed by atoms with Crippen molar-refractivity contribution in [1.29, 1.82) is 0 Å². The molecule has 0 fully saturated rings. The molecule has 2 rings (SSSR count). The lowest BCUT2D eigenvalue weighted by molar-refractivity contribution is 0.0945. The van der Waals surface area contributed by atoms with Crippen LogP contribution in [0.3, 0.4) is 0 Å². The van der Waals surface area contributed by atoms with Crippen LogP contribution in [0.1, 0.15) is 16.1 Å². The molecule has 0 bridgehead atoms. The van der Waals surface area contributed by atoms with Crippen LogP contribution in [0.5, 0.6) is 0 Å². The van der Waals surface area contributed by atoms with Crippen LogP contribution in [0, 0.1) is 11.6 Å². The molecule has 0 aliphatic carbocycles. The van der Waals surface area contributed by atoms with E-state index in [2.05, 4.69) is 20.6 Å². The van der Waals surface area contributed by atoms with Gasteiger partial charge in [0.05, 0.1) is 12.4 Å². The van der Waals surface area contributed by atoms with Crippen LogP contribution in [0.2, 0.25) is 0 Å². The number of carbonyl (C=O) groups is 1. The van der Waals surface area contributed by atoms with Gasteiger partial charge in [-0.15, -0.1) is 0 Å². The standard InChI is InChI=1S/C13H12F2N4O/c1-16-12-7-17-11(6-18-12)13(20)19-5-8-2-3-9(14)4-10(8)15/h2-4,6-7H,5H2,1H3,(H,16,18)(H,19,20). The molecule has 5 nitrogen and oxygen atoms in total. The predicted molar refractivity (Wildman–Crippen MR) is 69.1 cm³/mol. The molecule has 20 heavy (non-hydrogen) atoms. The first kappa shape index (κ1) is 13.9. The monoisotopic (exact) mass is 278 g/mol. The quantitative estimate of drug-likeness (QED) is 0.893. The van der Waals surface area contributed by atoms with Gasteiger partial charge in [0.1, 0.15) is 23.1 Å². The summed E-state index contributed by atoms with van der Waals surface area (Å²) in [5.74, 6) is -1.32. The number of halogens is 2. The largest absolute Gasteiger partial charge is 0.372 e. The van der Waals surface area contributed by atoms with Crippen LogP contribution >= 0.6 is 0 Å². The van der Waals surface area contributed by atoms with Crippen LogP contribution in [-0.4, -0.2) is 22.9 Å². The van der Waals surface area contributed by atoms with Crippen molar-refractivity contribution in [1.82, 2.24) is 15.3 Å². The Balaban J connectivity index is 2.00. The lowest BCUT2D eigenvalue weighted by atomic mass is 10.2. The van der Waals surface area contributed by atoms with Crippen LogP contribution < -0.4 is 10.6 Å². The molecule has 0 saturated carbocycles. The third-order valence-corrected chi connectivity index (χ3v) is 2.60. The summed E-state index contributed by atoms with van der Waals surface area (Å²) < 4.78 is 26.1. The average Bonchev–Trinajstić information content (AvgIpc) is 2.46. The van der Waals surface area contributed by atoms with Gasteiger partial charge in [-0.25, -0.2) is 18.7 Å². The molecule has 0 aliphatic rings. The van der Waals surface area contributed by atoms with Crippen LogP contribution in [-0.2, 0) is 6.54 Å². The highest BCUT2D eigenvalue weighted by Crippen LogP contribution is 2.09. The van der Waals surface area contributed by atoms with Gasteiger partial charge in [-0.1, -0.05) is 6.07 Å². The second-order valence-electron chi connectivity index (χ2n) is 3.96. The van der Waals surface area contributed by atoms with E-state index >= 15 is 0 Å². The molecule has 1 amide bonds. The molecule has 2 N–H and O–H groups in total. The van der Waals surface area contributed by atoms with E-state index in [-0.39, 0.29) is 17.8 Å². The molecule has 0 atom stereocenters. The SMILES string of the molecule is CNc1cnc(C(=O)NCc2ccc(F)cc2F)cn1. The Morgan fingerprint density at radius 2 is 2.05 bits per heavy atom. The molecule has 1 heterocycles. The molecule has 0 spiro atoms. The molecule has 2 aromatic rings. The van der Waals surface area contributed by atoms with Gasteiger partial charge in [0.2, 0.25) is 0 Å². The lowest BCUT2D eigenvalue weighted by Crippen LogP contribution is -2.24. The summed E-state index contributed by atoms with van der Waals surface area (Å²) in [5, 5.41) is 5.26. The molecule has 0 unspecified atom stereocenters. The van der Waals surface area contributed by atoms with Crippen LogP contribution in [0.15, 0.2) is 30.6 Å². The molecule has 0 aliphatic heterocycles. The zero-order valence-electron chi connectivity index (χ0n) is 10.7. The molecule has 1 aromatic carbocycles. The summed E-state index contributed by atoms with van der Waals surface area (Å²) in [6.45, 7) is -0.0552. The predicted octanol–water partition coefficient (Wildman–Crippen LogP) is 1.73. The van der Waals surface area contributed by atoms with Crippen molar-refractivity contribution in [2.75, 3.05) is 12.4 Å². The van der Waals surface area contributed by atoms with Crippen molar-refractivity contribution in [3.05, 3.63) is 53.5 Å². The number of carbonyl (C=O) groups excluding carboxylic acids is 1. The smallest absolute Gasteiger partial charge is 0.271 e. The van der Waals surface area contributed by atoms with Crippen LogP contribution in [0.25, 0.3) is 0 Å². The number of amides is 1. The maximum Gasteiger partial charge on any atom is 0.271 e. The minimum absolute atomic E-state index is 0.0552. The minimum atomic E-state index is -0.707. The number of benzene rings is 1. The maximum absolute atomic E-state index is 13.4. The Hall–Kier alpha value is -2.57. The van der Waals surface area contributed by atoms with Gasteiger partial charge in [0.25, 0.3) is 5.91 Å². The number of aromatic nitrogens is 2. The van der Waals surface area contributed by atoms with Crippen molar-refractivity contribution in [2.45, 2.75) is 6.54 Å². The number of nitrogens with one attached hydrogen (secondary N) is 2. The first-order valence-corrected chi connectivity index (χ1v) is 5.82. The summed E-state index contributed by atoms with van der Waals surface area (Å²) >= 11 is 0. The minimum Gasteiger partial charge on any atom is -0.372 e. The van der Waals surface area contributed by atoms with Crippen molar-refractivity contribution in [2.24, 2.45) is 0 Å². The summed E-state index contributed by atoms with van der Waals surface area (Å²) in [5.41, 5.74) is 0.311. The normalized spacial score (nSPS) is 10.2. The summed E-state index contributed by atoms with van der Waals surface area (Å²) in [4.78, 5) is 19.6. The fraction of sp³-hybridized carbons (Fsp3) is 0.154. The van der Waals surface area contributed by atoms with Gasteiger partial charge in [-0.05, 0) is 6.07 Å². The van der Waals surface area contributed by atoms with E-state index in [0.29, 0.717) is 5.82 Å². The van der Waals surface area contributed by atoms with Crippen molar-refractivity contribution < 1.29 is 13.6 Å². The Bertz CT molecular complexity index is 616. The molecule has 0 saturated heterocycles. The van der Waals surface area contributed by atoms with Gasteiger partial charge in [-0.3, -0.25) is 4.79 Å². The highest BCUT2D eigenvalue weighted by atomic mass is 19.1. The number of rotatable bonds is 4. The molecule has 7 heteroatoms. The highest BCUT2D eigenvalue weighted by Gasteiger charge is 2.09. The second-order valence-corrected chi connectivity index (χ2v) is 3.96. The van der Waals surface area contributed by atoms with Gasteiger partial charge in [-0.2, -0.15) is 0 Å². The Morgan fingerprint density at radius 1 is 1.25 bits per heavy atom. The van der Waals surface area contributed by atoms with E-state index in [1.807, 2.05) is 0 Å². The lowest BCUT2D eigenvalue weighted by Gasteiger charge is -2.06. The second kappa shape index (κ2) is 6.05. The fourth-order valence-corrected chi connectivity index (χ4v) is 1.51. The molecule has 1 aromatic heterocycles. The zero-order valence-corrected chi connectivity index (χ0v) is 10.7. The summed E-state index contributed by atoms with van der Waals surface area (Å²) in [6.07, 6.45) is 2.72. The topological polar surface area (TPSA) is 66.9 Å². The highest BCUT2D eigenvalue weighted by molar-refractivity contribution is 5.91. The van der Waals surface area contributed by atoms with Crippen molar-refractivity contribution in [3.63, 3.8) is 0 Å². The van der Waals surface area contributed by atoms with Gasteiger partial charge >= 0.3 is 0 Å². The van der Waals surface area contributed by atoms with E-state index in [9.17, 15) is 13.6 Å².